The highest BCUT2D eigenvalue weighted by Crippen LogP contribution is 2.41. The summed E-state index contributed by atoms with van der Waals surface area (Å²) in [6.07, 6.45) is 6.23. The monoisotopic (exact) mass is 282 g/mol. The average Bonchev–Trinajstić information content (AvgIpc) is 2.36. The Balaban J connectivity index is 2.03. The second kappa shape index (κ2) is 5.72. The molecule has 0 unspecified atom stereocenters. The van der Waals surface area contributed by atoms with Gasteiger partial charge in [-0.05, 0) is 50.9 Å². The minimum Gasteiger partial charge on any atom is -0.481 e. The lowest BCUT2D eigenvalue weighted by Gasteiger charge is -2.45. The van der Waals surface area contributed by atoms with Crippen molar-refractivity contribution in [1.82, 2.24) is 5.32 Å². The van der Waals surface area contributed by atoms with Gasteiger partial charge in [-0.15, -0.1) is 0 Å². The number of amides is 1. The van der Waals surface area contributed by atoms with Crippen molar-refractivity contribution in [3.05, 3.63) is 0 Å². The van der Waals surface area contributed by atoms with E-state index < -0.39 is 16.9 Å². The van der Waals surface area contributed by atoms with Gasteiger partial charge in [0.25, 0.3) is 0 Å². The molecule has 0 aromatic carbocycles. The maximum atomic E-state index is 12.7. The zero-order valence-electron chi connectivity index (χ0n) is 12.3. The van der Waals surface area contributed by atoms with Crippen molar-refractivity contribution in [3.63, 3.8) is 0 Å². The third kappa shape index (κ3) is 2.97. The number of carbonyl (C=O) groups is 2. The van der Waals surface area contributed by atoms with Gasteiger partial charge < -0.3 is 16.2 Å². The van der Waals surface area contributed by atoms with Crippen molar-refractivity contribution in [2.75, 3.05) is 6.54 Å². The van der Waals surface area contributed by atoms with Gasteiger partial charge in [0.05, 0.1) is 17.4 Å². The van der Waals surface area contributed by atoms with Gasteiger partial charge in [-0.3, -0.25) is 9.59 Å². The van der Waals surface area contributed by atoms with Crippen LogP contribution < -0.4 is 11.1 Å². The normalized spacial score (nSPS) is 32.2. The predicted molar refractivity (Wildman–Crippen MR) is 76.1 cm³/mol. The van der Waals surface area contributed by atoms with E-state index in [0.29, 0.717) is 12.5 Å². The number of nitrogens with two attached hydrogens (primary N) is 1. The zero-order valence-corrected chi connectivity index (χ0v) is 12.3. The number of carboxylic acids is 1. The van der Waals surface area contributed by atoms with E-state index in [4.69, 9.17) is 10.8 Å². The smallest absolute Gasteiger partial charge is 0.305 e. The molecule has 0 radical (unpaired) electrons. The molecular weight excluding hydrogens is 256 g/mol. The number of carboxylic acid groups (broad SMARTS) is 1. The lowest BCUT2D eigenvalue weighted by atomic mass is 9.68. The van der Waals surface area contributed by atoms with E-state index in [1.54, 1.807) is 0 Å². The van der Waals surface area contributed by atoms with Crippen molar-refractivity contribution in [3.8, 4) is 0 Å². The van der Waals surface area contributed by atoms with Gasteiger partial charge in [0, 0.05) is 6.54 Å². The first-order valence-electron chi connectivity index (χ1n) is 7.66. The first-order chi connectivity index (χ1) is 9.41. The van der Waals surface area contributed by atoms with E-state index in [9.17, 15) is 9.59 Å². The Morgan fingerprint density at radius 3 is 2.25 bits per heavy atom. The Morgan fingerprint density at radius 2 is 1.85 bits per heavy atom. The van der Waals surface area contributed by atoms with Crippen molar-refractivity contribution < 1.29 is 14.7 Å². The van der Waals surface area contributed by atoms with Gasteiger partial charge in [-0.25, -0.2) is 0 Å². The highest BCUT2D eigenvalue weighted by molar-refractivity contribution is 5.84. The summed E-state index contributed by atoms with van der Waals surface area (Å²) in [4.78, 5) is 23.6. The van der Waals surface area contributed by atoms with Crippen LogP contribution in [0, 0.1) is 11.3 Å². The quantitative estimate of drug-likeness (QED) is 0.715. The third-order valence-electron chi connectivity index (χ3n) is 5.28. The van der Waals surface area contributed by atoms with Crippen molar-refractivity contribution in [2.45, 2.75) is 63.8 Å². The van der Waals surface area contributed by atoms with Crippen molar-refractivity contribution >= 4 is 11.9 Å². The molecule has 4 N–H and O–H groups in total. The molecule has 20 heavy (non-hydrogen) atoms. The Labute approximate surface area is 120 Å². The number of nitrogens with one attached hydrogen (secondary N) is 1. The van der Waals surface area contributed by atoms with Crippen LogP contribution in [0.5, 0.6) is 0 Å². The van der Waals surface area contributed by atoms with E-state index in [0.717, 1.165) is 44.9 Å². The minimum atomic E-state index is -0.843. The number of hydrogen-bond donors (Lipinski definition) is 3. The molecule has 5 heteroatoms. The summed E-state index contributed by atoms with van der Waals surface area (Å²) in [5.74, 6) is -0.212. The van der Waals surface area contributed by atoms with Crippen LogP contribution in [-0.4, -0.2) is 29.1 Å². The minimum absolute atomic E-state index is 0.0205. The highest BCUT2D eigenvalue weighted by atomic mass is 16.4. The summed E-state index contributed by atoms with van der Waals surface area (Å²) < 4.78 is 0. The van der Waals surface area contributed by atoms with Crippen LogP contribution in [0.15, 0.2) is 0 Å². The van der Waals surface area contributed by atoms with Crippen LogP contribution in [0.3, 0.4) is 0 Å². The SMILES string of the molecule is CC1CCC(CN)(C(=O)NC2(CC(=O)O)CCC2)CC1. The van der Waals surface area contributed by atoms with Gasteiger partial charge in [0.2, 0.25) is 5.91 Å². The number of rotatable bonds is 5. The number of carbonyl (C=O) groups excluding carboxylic acids is 1. The lowest BCUT2D eigenvalue weighted by Crippen LogP contribution is -2.60. The number of hydrogen-bond acceptors (Lipinski definition) is 3. The summed E-state index contributed by atoms with van der Waals surface area (Å²) in [6.45, 7) is 2.56. The van der Waals surface area contributed by atoms with Crippen LogP contribution in [-0.2, 0) is 9.59 Å². The van der Waals surface area contributed by atoms with Crippen LogP contribution in [0.2, 0.25) is 0 Å². The molecule has 2 saturated carbocycles. The Morgan fingerprint density at radius 1 is 1.25 bits per heavy atom. The van der Waals surface area contributed by atoms with Crippen LogP contribution in [0.4, 0.5) is 0 Å². The molecule has 2 aliphatic carbocycles. The standard InChI is InChI=1S/C15H26N2O3/c1-11-3-7-14(10-16,8-4-11)13(20)17-15(5-2-6-15)9-12(18)19/h11H,2-10,16H2,1H3,(H,17,20)(H,18,19). The van der Waals surface area contributed by atoms with Crippen LogP contribution >= 0.6 is 0 Å². The van der Waals surface area contributed by atoms with Gasteiger partial charge in [0.1, 0.15) is 0 Å². The van der Waals surface area contributed by atoms with E-state index in [-0.39, 0.29) is 12.3 Å². The molecule has 0 aromatic rings. The second-order valence-corrected chi connectivity index (χ2v) is 6.83. The molecule has 2 fully saturated rings. The molecule has 0 bridgehead atoms. The Kier molecular flexibility index (Phi) is 4.37. The largest absolute Gasteiger partial charge is 0.481 e. The molecule has 0 aliphatic heterocycles. The van der Waals surface area contributed by atoms with Crippen molar-refractivity contribution in [2.24, 2.45) is 17.1 Å². The van der Waals surface area contributed by atoms with E-state index in [2.05, 4.69) is 12.2 Å². The topological polar surface area (TPSA) is 92.4 Å². The molecular formula is C15H26N2O3. The summed E-state index contributed by atoms with van der Waals surface area (Å²) in [5, 5.41) is 12.1. The molecule has 0 heterocycles. The second-order valence-electron chi connectivity index (χ2n) is 6.83. The Bertz CT molecular complexity index is 383. The molecule has 114 valence electrons. The van der Waals surface area contributed by atoms with Crippen molar-refractivity contribution in [1.29, 1.82) is 0 Å². The molecule has 2 aliphatic rings. The van der Waals surface area contributed by atoms with Gasteiger partial charge in [0.15, 0.2) is 0 Å². The fraction of sp³-hybridized carbons (Fsp3) is 0.867. The Hall–Kier alpha value is -1.10. The van der Waals surface area contributed by atoms with E-state index >= 15 is 0 Å². The van der Waals surface area contributed by atoms with E-state index in [1.165, 1.54) is 0 Å². The van der Waals surface area contributed by atoms with Crippen LogP contribution in [0.25, 0.3) is 0 Å². The lowest BCUT2D eigenvalue weighted by molar-refractivity contribution is -0.142. The third-order valence-corrected chi connectivity index (χ3v) is 5.28. The first-order valence-corrected chi connectivity index (χ1v) is 7.66. The molecule has 5 nitrogen and oxygen atoms in total. The van der Waals surface area contributed by atoms with E-state index in [1.807, 2.05) is 0 Å². The molecule has 0 atom stereocenters. The van der Waals surface area contributed by atoms with Gasteiger partial charge in [-0.1, -0.05) is 6.92 Å². The molecule has 2 rings (SSSR count). The highest BCUT2D eigenvalue weighted by Gasteiger charge is 2.46. The summed E-state index contributed by atoms with van der Waals surface area (Å²) in [7, 11) is 0. The maximum Gasteiger partial charge on any atom is 0.305 e. The molecule has 0 saturated heterocycles. The maximum absolute atomic E-state index is 12.7. The fourth-order valence-corrected chi connectivity index (χ4v) is 3.45. The molecule has 1 amide bonds. The average molecular weight is 282 g/mol. The molecule has 0 spiro atoms. The predicted octanol–water partition coefficient (Wildman–Crippen LogP) is 1.66. The zero-order chi connectivity index (χ0) is 14.8. The summed E-state index contributed by atoms with van der Waals surface area (Å²) in [6, 6.07) is 0. The number of aliphatic carboxylic acids is 1. The van der Waals surface area contributed by atoms with Gasteiger partial charge in [-0.2, -0.15) is 0 Å². The fourth-order valence-electron chi connectivity index (χ4n) is 3.45. The van der Waals surface area contributed by atoms with Crippen LogP contribution in [0.1, 0.15) is 58.3 Å². The summed E-state index contributed by atoms with van der Waals surface area (Å²) in [5.41, 5.74) is 4.89. The molecule has 0 aromatic heterocycles. The van der Waals surface area contributed by atoms with Gasteiger partial charge >= 0.3 is 5.97 Å². The first kappa shape index (κ1) is 15.3. The summed E-state index contributed by atoms with van der Waals surface area (Å²) >= 11 is 0.